The number of fused-ring (bicyclic) bond motifs is 1. The number of rotatable bonds is 4. The molecule has 5 nitrogen and oxygen atoms in total. The highest BCUT2D eigenvalue weighted by molar-refractivity contribution is 7.84. The highest BCUT2D eigenvalue weighted by Gasteiger charge is 2.12. The second kappa shape index (κ2) is 5.65. The van der Waals surface area contributed by atoms with E-state index in [0.29, 0.717) is 6.61 Å². The van der Waals surface area contributed by atoms with E-state index in [9.17, 15) is 4.21 Å². The van der Waals surface area contributed by atoms with Crippen LogP contribution in [-0.4, -0.2) is 31.4 Å². The third-order valence-corrected chi connectivity index (χ3v) is 4.04. The first-order valence-corrected chi connectivity index (χ1v) is 8.14. The molecule has 21 heavy (non-hydrogen) atoms. The van der Waals surface area contributed by atoms with E-state index in [2.05, 4.69) is 9.97 Å². The Morgan fingerprint density at radius 3 is 2.90 bits per heavy atom. The maximum atomic E-state index is 11.7. The Bertz CT molecular complexity index is 781. The second-order valence-electron chi connectivity index (χ2n) is 4.52. The molecule has 0 amide bonds. The third-order valence-electron chi connectivity index (χ3n) is 3.12. The Labute approximate surface area is 125 Å². The first kappa shape index (κ1) is 13.8. The van der Waals surface area contributed by atoms with Crippen molar-refractivity contribution in [3.63, 3.8) is 0 Å². The van der Waals surface area contributed by atoms with Gasteiger partial charge in [-0.15, -0.1) is 0 Å². The highest BCUT2D eigenvalue weighted by Crippen LogP contribution is 2.31. The van der Waals surface area contributed by atoms with E-state index >= 15 is 0 Å². The molecule has 0 aliphatic rings. The van der Waals surface area contributed by atoms with Crippen LogP contribution in [0.1, 0.15) is 6.92 Å². The number of benzene rings is 1. The predicted molar refractivity (Wildman–Crippen MR) is 81.9 cm³/mol. The minimum atomic E-state index is -1.05. The summed E-state index contributed by atoms with van der Waals surface area (Å²) in [6.45, 7) is 2.50. The summed E-state index contributed by atoms with van der Waals surface area (Å²) in [6, 6.07) is 7.38. The molecule has 3 aromatic rings. The SMILES string of the molecule is CCOc1ccc(S(C)=O)cc1-c1cn2cnccc2n1. The van der Waals surface area contributed by atoms with Crippen LogP contribution in [0.2, 0.25) is 0 Å². The molecule has 0 radical (unpaired) electrons. The van der Waals surface area contributed by atoms with Crippen LogP contribution >= 0.6 is 0 Å². The summed E-state index contributed by atoms with van der Waals surface area (Å²) in [5, 5.41) is 0. The highest BCUT2D eigenvalue weighted by atomic mass is 32.2. The molecule has 108 valence electrons. The number of aromatic nitrogens is 3. The maximum Gasteiger partial charge on any atom is 0.140 e. The van der Waals surface area contributed by atoms with Crippen molar-refractivity contribution in [3.05, 3.63) is 43.0 Å². The van der Waals surface area contributed by atoms with E-state index < -0.39 is 10.8 Å². The lowest BCUT2D eigenvalue weighted by Crippen LogP contribution is -1.96. The maximum absolute atomic E-state index is 11.7. The molecule has 2 heterocycles. The Hall–Kier alpha value is -2.21. The number of imidazole rings is 1. The molecule has 0 bridgehead atoms. The second-order valence-corrected chi connectivity index (χ2v) is 5.90. The molecule has 1 aromatic carbocycles. The summed E-state index contributed by atoms with van der Waals surface area (Å²) < 4.78 is 19.2. The Morgan fingerprint density at radius 2 is 2.19 bits per heavy atom. The number of ether oxygens (including phenoxy) is 1. The molecular weight excluding hydrogens is 286 g/mol. The Kier molecular flexibility index (Phi) is 3.70. The van der Waals surface area contributed by atoms with Gasteiger partial charge in [0, 0.05) is 39.9 Å². The van der Waals surface area contributed by atoms with Crippen LogP contribution in [0.4, 0.5) is 0 Å². The molecule has 1 unspecified atom stereocenters. The quantitative estimate of drug-likeness (QED) is 0.743. The molecule has 3 rings (SSSR count). The van der Waals surface area contributed by atoms with Gasteiger partial charge < -0.3 is 4.74 Å². The van der Waals surface area contributed by atoms with Crippen molar-refractivity contribution in [1.82, 2.24) is 14.4 Å². The number of nitrogens with zero attached hydrogens (tertiary/aromatic N) is 3. The third kappa shape index (κ3) is 2.67. The molecule has 0 saturated heterocycles. The Balaban J connectivity index is 2.17. The van der Waals surface area contributed by atoms with Gasteiger partial charge in [0.05, 0.1) is 12.3 Å². The van der Waals surface area contributed by atoms with Crippen LogP contribution < -0.4 is 4.74 Å². The van der Waals surface area contributed by atoms with Crippen molar-refractivity contribution in [2.75, 3.05) is 12.9 Å². The summed E-state index contributed by atoms with van der Waals surface area (Å²) in [7, 11) is -1.05. The van der Waals surface area contributed by atoms with E-state index in [0.717, 1.165) is 27.5 Å². The lowest BCUT2D eigenvalue weighted by molar-refractivity contribution is 0.341. The largest absolute Gasteiger partial charge is 0.493 e. The van der Waals surface area contributed by atoms with E-state index in [1.54, 1.807) is 18.8 Å². The fourth-order valence-corrected chi connectivity index (χ4v) is 2.69. The summed E-state index contributed by atoms with van der Waals surface area (Å²) in [5.41, 5.74) is 2.43. The van der Waals surface area contributed by atoms with Crippen LogP contribution in [0.3, 0.4) is 0 Å². The van der Waals surface area contributed by atoms with Crippen molar-refractivity contribution in [1.29, 1.82) is 0 Å². The molecule has 0 saturated carbocycles. The van der Waals surface area contributed by atoms with Gasteiger partial charge in [0.15, 0.2) is 0 Å². The molecular formula is C15H15N3O2S. The van der Waals surface area contributed by atoms with Gasteiger partial charge in [0.25, 0.3) is 0 Å². The molecule has 2 aromatic heterocycles. The first-order chi connectivity index (χ1) is 10.2. The molecule has 0 fully saturated rings. The van der Waals surface area contributed by atoms with Gasteiger partial charge in [-0.2, -0.15) is 0 Å². The topological polar surface area (TPSA) is 56.5 Å². The van der Waals surface area contributed by atoms with Crippen LogP contribution in [0.5, 0.6) is 5.75 Å². The van der Waals surface area contributed by atoms with Crippen molar-refractivity contribution >= 4 is 16.4 Å². The van der Waals surface area contributed by atoms with E-state index in [1.807, 2.05) is 41.8 Å². The van der Waals surface area contributed by atoms with Crippen LogP contribution in [0.15, 0.2) is 47.9 Å². The fraction of sp³-hybridized carbons (Fsp3) is 0.200. The van der Waals surface area contributed by atoms with Crippen molar-refractivity contribution in [3.8, 4) is 17.0 Å². The molecule has 0 spiro atoms. The van der Waals surface area contributed by atoms with Crippen LogP contribution in [0, 0.1) is 0 Å². The number of hydrogen-bond acceptors (Lipinski definition) is 4. The normalized spacial score (nSPS) is 12.5. The smallest absolute Gasteiger partial charge is 0.140 e. The zero-order valence-corrected chi connectivity index (χ0v) is 12.6. The summed E-state index contributed by atoms with van der Waals surface area (Å²) in [4.78, 5) is 9.39. The Morgan fingerprint density at radius 1 is 1.33 bits per heavy atom. The van der Waals surface area contributed by atoms with Gasteiger partial charge in [-0.05, 0) is 31.2 Å². The minimum Gasteiger partial charge on any atom is -0.493 e. The molecule has 0 aliphatic carbocycles. The van der Waals surface area contributed by atoms with Crippen LogP contribution in [-0.2, 0) is 10.8 Å². The monoisotopic (exact) mass is 301 g/mol. The van der Waals surface area contributed by atoms with E-state index in [1.165, 1.54) is 0 Å². The summed E-state index contributed by atoms with van der Waals surface area (Å²) in [5.74, 6) is 0.739. The average Bonchev–Trinajstić information content (AvgIpc) is 2.91. The van der Waals surface area contributed by atoms with Crippen LogP contribution in [0.25, 0.3) is 16.9 Å². The summed E-state index contributed by atoms with van der Waals surface area (Å²) in [6.07, 6.45) is 6.96. The van der Waals surface area contributed by atoms with E-state index in [4.69, 9.17) is 4.74 Å². The van der Waals surface area contributed by atoms with Gasteiger partial charge in [-0.3, -0.25) is 8.61 Å². The van der Waals surface area contributed by atoms with Crippen molar-refractivity contribution < 1.29 is 8.95 Å². The van der Waals surface area contributed by atoms with Crippen molar-refractivity contribution in [2.24, 2.45) is 0 Å². The number of hydrogen-bond donors (Lipinski definition) is 0. The molecule has 0 N–H and O–H groups in total. The van der Waals surface area contributed by atoms with Gasteiger partial charge in [0.1, 0.15) is 17.7 Å². The van der Waals surface area contributed by atoms with Crippen molar-refractivity contribution in [2.45, 2.75) is 11.8 Å². The lowest BCUT2D eigenvalue weighted by atomic mass is 10.1. The first-order valence-electron chi connectivity index (χ1n) is 6.58. The average molecular weight is 301 g/mol. The summed E-state index contributed by atoms with van der Waals surface area (Å²) >= 11 is 0. The zero-order chi connectivity index (χ0) is 14.8. The fourth-order valence-electron chi connectivity index (χ4n) is 2.14. The molecule has 0 aliphatic heterocycles. The molecule has 1 atom stereocenters. The molecule has 6 heteroatoms. The van der Waals surface area contributed by atoms with Gasteiger partial charge in [0.2, 0.25) is 0 Å². The van der Waals surface area contributed by atoms with Gasteiger partial charge in [-0.25, -0.2) is 9.97 Å². The zero-order valence-electron chi connectivity index (χ0n) is 11.8. The van der Waals surface area contributed by atoms with Gasteiger partial charge in [-0.1, -0.05) is 0 Å². The van der Waals surface area contributed by atoms with Gasteiger partial charge >= 0.3 is 0 Å². The minimum absolute atomic E-state index is 0.566. The van der Waals surface area contributed by atoms with E-state index in [-0.39, 0.29) is 0 Å². The predicted octanol–water partition coefficient (Wildman–Crippen LogP) is 2.53. The standard InChI is InChI=1S/C15H15N3O2S/c1-3-20-14-5-4-11(21(2)19)8-12(14)13-9-18-10-16-7-6-15(18)17-13/h4-10H,3H2,1-2H3. The lowest BCUT2D eigenvalue weighted by Gasteiger charge is -2.09.